The predicted molar refractivity (Wildman–Crippen MR) is 88.3 cm³/mol. The Labute approximate surface area is 151 Å². The highest BCUT2D eigenvalue weighted by molar-refractivity contribution is 5.77. The van der Waals surface area contributed by atoms with Crippen LogP contribution in [0.2, 0.25) is 0 Å². The zero-order valence-corrected chi connectivity index (χ0v) is 14.9. The maximum Gasteiger partial charge on any atom is 0.322 e. The van der Waals surface area contributed by atoms with E-state index in [0.29, 0.717) is 38.8 Å². The molecule has 0 aromatic heterocycles. The molecule has 0 aliphatic carbocycles. The fourth-order valence-corrected chi connectivity index (χ4v) is 2.82. The third-order valence-electron chi connectivity index (χ3n) is 4.50. The van der Waals surface area contributed by atoms with Crippen molar-refractivity contribution in [3.05, 3.63) is 0 Å². The topological polar surface area (TPSA) is 151 Å². The lowest BCUT2D eigenvalue weighted by molar-refractivity contribution is -0.147. The summed E-state index contributed by atoms with van der Waals surface area (Å²) in [4.78, 5) is 43.1. The Balaban J connectivity index is 0.000000260. The number of carboxylic acid groups (broad SMARTS) is 2. The molecule has 2 heterocycles. The van der Waals surface area contributed by atoms with Crippen LogP contribution in [0.15, 0.2) is 0 Å². The lowest BCUT2D eigenvalue weighted by Crippen LogP contribution is -2.46. The van der Waals surface area contributed by atoms with E-state index in [0.717, 1.165) is 0 Å². The summed E-state index contributed by atoms with van der Waals surface area (Å²) in [5, 5.41) is 23.0. The van der Waals surface area contributed by atoms with E-state index in [1.54, 1.807) is 0 Å². The Morgan fingerprint density at radius 2 is 1.08 bits per heavy atom. The summed E-state index contributed by atoms with van der Waals surface area (Å²) < 4.78 is 9.07. The number of hydrogen-bond donors (Lipinski definition) is 4. The zero-order valence-electron chi connectivity index (χ0n) is 14.9. The molecule has 2 aliphatic rings. The standard InChI is InChI=1S/2C8H13NO4/c2*1-13-8(12)6-3-2-5(4-9-6)7(10)11/h2*5-6,9H,2-4H2,1H3,(H,10,11)/t2*5-,6-/m10/s1. The van der Waals surface area contributed by atoms with Gasteiger partial charge in [0.25, 0.3) is 0 Å². The average Bonchev–Trinajstić information content (AvgIpc) is 2.67. The van der Waals surface area contributed by atoms with E-state index in [4.69, 9.17) is 10.2 Å². The Hall–Kier alpha value is -2.20. The van der Waals surface area contributed by atoms with Crippen LogP contribution in [0.3, 0.4) is 0 Å². The van der Waals surface area contributed by atoms with Gasteiger partial charge in [0, 0.05) is 13.1 Å². The summed E-state index contributed by atoms with van der Waals surface area (Å²) >= 11 is 0. The second kappa shape index (κ2) is 10.7. The molecule has 4 N–H and O–H groups in total. The van der Waals surface area contributed by atoms with Crippen LogP contribution in [-0.2, 0) is 28.7 Å². The molecule has 0 bridgehead atoms. The van der Waals surface area contributed by atoms with Gasteiger partial charge in [0.2, 0.25) is 0 Å². The number of methoxy groups -OCH3 is 2. The summed E-state index contributed by atoms with van der Waals surface area (Å²) in [5.74, 6) is -3.00. The summed E-state index contributed by atoms with van der Waals surface area (Å²) in [6.45, 7) is 0.685. The van der Waals surface area contributed by atoms with E-state index in [9.17, 15) is 19.2 Å². The van der Waals surface area contributed by atoms with Gasteiger partial charge in [-0.05, 0) is 25.7 Å². The minimum Gasteiger partial charge on any atom is -0.481 e. The van der Waals surface area contributed by atoms with Crippen LogP contribution in [0, 0.1) is 11.8 Å². The monoisotopic (exact) mass is 374 g/mol. The van der Waals surface area contributed by atoms with E-state index in [1.165, 1.54) is 14.2 Å². The van der Waals surface area contributed by atoms with E-state index < -0.39 is 11.9 Å². The van der Waals surface area contributed by atoms with Gasteiger partial charge >= 0.3 is 23.9 Å². The van der Waals surface area contributed by atoms with Crippen molar-refractivity contribution >= 4 is 23.9 Å². The van der Waals surface area contributed by atoms with Gasteiger partial charge in [0.05, 0.1) is 26.1 Å². The molecule has 148 valence electrons. The third kappa shape index (κ3) is 6.60. The molecule has 0 aromatic rings. The van der Waals surface area contributed by atoms with Crippen molar-refractivity contribution in [2.24, 2.45) is 11.8 Å². The largest absolute Gasteiger partial charge is 0.481 e. The molecule has 0 radical (unpaired) electrons. The number of carbonyl (C=O) groups excluding carboxylic acids is 2. The second-order valence-corrected chi connectivity index (χ2v) is 6.19. The van der Waals surface area contributed by atoms with Crippen LogP contribution in [0.4, 0.5) is 0 Å². The quantitative estimate of drug-likeness (QED) is 0.461. The van der Waals surface area contributed by atoms with Gasteiger partial charge < -0.3 is 30.3 Å². The number of esters is 2. The van der Waals surface area contributed by atoms with Gasteiger partial charge in [-0.3, -0.25) is 19.2 Å². The van der Waals surface area contributed by atoms with Gasteiger partial charge in [-0.1, -0.05) is 0 Å². The number of rotatable bonds is 4. The highest BCUT2D eigenvalue weighted by Crippen LogP contribution is 2.15. The van der Waals surface area contributed by atoms with Crippen LogP contribution in [0.5, 0.6) is 0 Å². The Kier molecular flexibility index (Phi) is 9.00. The van der Waals surface area contributed by atoms with Crippen LogP contribution >= 0.6 is 0 Å². The maximum atomic E-state index is 11.0. The first kappa shape index (κ1) is 21.8. The number of piperidine rings is 2. The third-order valence-corrected chi connectivity index (χ3v) is 4.50. The number of carbonyl (C=O) groups is 4. The van der Waals surface area contributed by atoms with Gasteiger partial charge in [-0.2, -0.15) is 0 Å². The van der Waals surface area contributed by atoms with Crippen molar-refractivity contribution in [2.45, 2.75) is 37.8 Å². The molecule has 4 atom stereocenters. The SMILES string of the molecule is COC(=O)[C@@H]1CC[C@H](C(=O)O)CN1.COC(=O)[C@H]1CC[C@@H](C(=O)O)CN1. The Morgan fingerprint density at radius 3 is 1.27 bits per heavy atom. The van der Waals surface area contributed by atoms with Crippen molar-refractivity contribution in [2.75, 3.05) is 27.3 Å². The first-order chi connectivity index (χ1) is 12.3. The summed E-state index contributed by atoms with van der Waals surface area (Å²) in [5.41, 5.74) is 0. The van der Waals surface area contributed by atoms with Gasteiger partial charge in [0.15, 0.2) is 0 Å². The van der Waals surface area contributed by atoms with Crippen molar-refractivity contribution in [1.29, 1.82) is 0 Å². The van der Waals surface area contributed by atoms with E-state index >= 15 is 0 Å². The number of aliphatic carboxylic acids is 2. The Bertz CT molecular complexity index is 462. The molecule has 0 unspecified atom stereocenters. The second-order valence-electron chi connectivity index (χ2n) is 6.19. The number of nitrogens with one attached hydrogen (secondary N) is 2. The molecule has 0 amide bonds. The van der Waals surface area contributed by atoms with Crippen LogP contribution < -0.4 is 10.6 Å². The van der Waals surface area contributed by atoms with Gasteiger partial charge in [-0.15, -0.1) is 0 Å². The number of carboxylic acids is 2. The zero-order chi connectivity index (χ0) is 19.7. The summed E-state index contributed by atoms with van der Waals surface area (Å²) in [6.07, 6.45) is 2.12. The molecular formula is C16H26N2O8. The molecule has 0 aromatic carbocycles. The van der Waals surface area contributed by atoms with Crippen molar-refractivity contribution < 1.29 is 38.9 Å². The van der Waals surface area contributed by atoms with Crippen LogP contribution in [0.1, 0.15) is 25.7 Å². The molecule has 26 heavy (non-hydrogen) atoms. The molecule has 2 fully saturated rings. The smallest absolute Gasteiger partial charge is 0.322 e. The average molecular weight is 374 g/mol. The Morgan fingerprint density at radius 1 is 0.731 bits per heavy atom. The molecule has 0 spiro atoms. The van der Waals surface area contributed by atoms with Crippen molar-refractivity contribution in [3.63, 3.8) is 0 Å². The molecular weight excluding hydrogens is 348 g/mol. The first-order valence-corrected chi connectivity index (χ1v) is 8.38. The van der Waals surface area contributed by atoms with Crippen molar-refractivity contribution in [3.8, 4) is 0 Å². The lowest BCUT2D eigenvalue weighted by atomic mass is 9.95. The normalized spacial score (nSPS) is 28.1. The number of ether oxygens (including phenoxy) is 2. The van der Waals surface area contributed by atoms with Gasteiger partial charge in [-0.25, -0.2) is 0 Å². The van der Waals surface area contributed by atoms with E-state index in [2.05, 4.69) is 20.1 Å². The molecule has 2 rings (SSSR count). The summed E-state index contributed by atoms with van der Waals surface area (Å²) in [7, 11) is 2.65. The van der Waals surface area contributed by atoms with Crippen molar-refractivity contribution in [1.82, 2.24) is 10.6 Å². The molecule has 10 nitrogen and oxygen atoms in total. The first-order valence-electron chi connectivity index (χ1n) is 8.38. The molecule has 10 heteroatoms. The summed E-state index contributed by atoms with van der Waals surface area (Å²) in [6, 6.07) is -0.666. The maximum absolute atomic E-state index is 11.0. The van der Waals surface area contributed by atoms with E-state index in [-0.39, 0.29) is 35.9 Å². The van der Waals surface area contributed by atoms with Crippen LogP contribution in [0.25, 0.3) is 0 Å². The predicted octanol–water partition coefficient (Wildman–Crippen LogP) is -0.776. The minimum atomic E-state index is -0.809. The fourth-order valence-electron chi connectivity index (χ4n) is 2.82. The molecule has 2 saturated heterocycles. The van der Waals surface area contributed by atoms with E-state index in [1.807, 2.05) is 0 Å². The molecule has 2 aliphatic heterocycles. The highest BCUT2D eigenvalue weighted by Gasteiger charge is 2.30. The molecule has 0 saturated carbocycles. The minimum absolute atomic E-state index is 0.316. The fraction of sp³-hybridized carbons (Fsp3) is 0.750. The number of hydrogen-bond acceptors (Lipinski definition) is 8. The highest BCUT2D eigenvalue weighted by atomic mass is 16.5. The van der Waals surface area contributed by atoms with Gasteiger partial charge in [0.1, 0.15) is 12.1 Å². The van der Waals surface area contributed by atoms with Crippen LogP contribution in [-0.4, -0.2) is 73.5 Å². The lowest BCUT2D eigenvalue weighted by Gasteiger charge is -2.25.